The lowest BCUT2D eigenvalue weighted by Crippen LogP contribution is -2.38. The van der Waals surface area contributed by atoms with Crippen LogP contribution in [0.25, 0.3) is 11.0 Å². The highest BCUT2D eigenvalue weighted by Gasteiger charge is 2.23. The molecule has 0 bridgehead atoms. The van der Waals surface area contributed by atoms with E-state index in [0.717, 1.165) is 11.2 Å². The fourth-order valence-electron chi connectivity index (χ4n) is 3.64. The number of carbonyl (C=O) groups is 2. The van der Waals surface area contributed by atoms with E-state index in [-0.39, 0.29) is 13.2 Å². The number of rotatable bonds is 8. The van der Waals surface area contributed by atoms with Crippen LogP contribution in [-0.4, -0.2) is 35.2 Å². The summed E-state index contributed by atoms with van der Waals surface area (Å²) in [6.45, 7) is 3.91. The topological polar surface area (TPSA) is 120 Å². The van der Waals surface area contributed by atoms with E-state index in [2.05, 4.69) is 21.4 Å². The molecule has 4 rings (SSSR count). The van der Waals surface area contributed by atoms with Crippen molar-refractivity contribution in [2.45, 2.75) is 20.4 Å². The quantitative estimate of drug-likeness (QED) is 0.341. The number of aryl methyl sites for hydroxylation is 1. The van der Waals surface area contributed by atoms with E-state index in [0.29, 0.717) is 40.4 Å². The third-order valence-corrected chi connectivity index (χ3v) is 5.46. The Balaban J connectivity index is 1.51. The molecule has 0 aliphatic heterocycles. The number of para-hydroxylation sites is 1. The standard InChI is InChI=1S/C27H25N5O4/c1-3-35-25(33)17-32(21-7-5-4-6-8-21)27(34)36-23-14-13-22-26(18(23)2)31-24(30-22)16-29-20-11-9-19(15-28)10-12-20/h4-14,29H,3,16-17H2,1-2H3,(H,30,31). The highest BCUT2D eigenvalue weighted by molar-refractivity contribution is 5.95. The predicted molar refractivity (Wildman–Crippen MR) is 136 cm³/mol. The number of H-pyrrole nitrogens is 1. The molecule has 2 N–H and O–H groups in total. The first-order chi connectivity index (χ1) is 17.5. The second-order valence-corrected chi connectivity index (χ2v) is 7.91. The monoisotopic (exact) mass is 483 g/mol. The Labute approximate surface area is 208 Å². The zero-order valence-corrected chi connectivity index (χ0v) is 19.9. The van der Waals surface area contributed by atoms with Crippen LogP contribution in [0.3, 0.4) is 0 Å². The fraction of sp³-hybridized carbons (Fsp3) is 0.185. The molecule has 3 aromatic carbocycles. The fourth-order valence-corrected chi connectivity index (χ4v) is 3.64. The third kappa shape index (κ3) is 5.62. The predicted octanol–water partition coefficient (Wildman–Crippen LogP) is 4.92. The number of esters is 1. The highest BCUT2D eigenvalue weighted by atomic mass is 16.6. The van der Waals surface area contributed by atoms with E-state index in [9.17, 15) is 9.59 Å². The van der Waals surface area contributed by atoms with Gasteiger partial charge in [-0.25, -0.2) is 9.78 Å². The summed E-state index contributed by atoms with van der Waals surface area (Å²) in [4.78, 5) is 34.4. The molecule has 0 saturated carbocycles. The molecule has 1 aromatic heterocycles. The number of imidazole rings is 1. The summed E-state index contributed by atoms with van der Waals surface area (Å²) < 4.78 is 10.7. The number of aromatic nitrogens is 2. The van der Waals surface area contributed by atoms with Gasteiger partial charge in [0.25, 0.3) is 0 Å². The summed E-state index contributed by atoms with van der Waals surface area (Å²) >= 11 is 0. The number of hydrogen-bond acceptors (Lipinski definition) is 7. The Morgan fingerprint density at radius 2 is 1.83 bits per heavy atom. The van der Waals surface area contributed by atoms with Gasteiger partial charge in [0.1, 0.15) is 18.1 Å². The lowest BCUT2D eigenvalue weighted by Gasteiger charge is -2.21. The average molecular weight is 484 g/mol. The maximum atomic E-state index is 13.1. The Hall–Kier alpha value is -4.84. The molecule has 0 saturated heterocycles. The van der Waals surface area contributed by atoms with Crippen LogP contribution < -0.4 is 15.0 Å². The molecule has 4 aromatic rings. The van der Waals surface area contributed by atoms with Gasteiger partial charge in [0, 0.05) is 16.9 Å². The van der Waals surface area contributed by atoms with Crippen LogP contribution in [0.1, 0.15) is 23.9 Å². The Morgan fingerprint density at radius 3 is 2.53 bits per heavy atom. The van der Waals surface area contributed by atoms with E-state index >= 15 is 0 Å². The molecule has 182 valence electrons. The first-order valence-electron chi connectivity index (χ1n) is 11.4. The molecular formula is C27H25N5O4. The molecule has 0 radical (unpaired) electrons. The molecule has 9 heteroatoms. The minimum absolute atomic E-state index is 0.216. The molecule has 0 unspecified atom stereocenters. The van der Waals surface area contributed by atoms with Crippen molar-refractivity contribution in [2.75, 3.05) is 23.4 Å². The molecule has 9 nitrogen and oxygen atoms in total. The van der Waals surface area contributed by atoms with Gasteiger partial charge in [-0.2, -0.15) is 5.26 Å². The van der Waals surface area contributed by atoms with Gasteiger partial charge in [0.15, 0.2) is 0 Å². The van der Waals surface area contributed by atoms with E-state index in [1.807, 2.05) is 25.1 Å². The van der Waals surface area contributed by atoms with Gasteiger partial charge in [0.05, 0.1) is 35.8 Å². The lowest BCUT2D eigenvalue weighted by atomic mass is 10.2. The summed E-state index contributed by atoms with van der Waals surface area (Å²) in [5.74, 6) is 0.515. The number of carbonyl (C=O) groups excluding carboxylic acids is 2. The third-order valence-electron chi connectivity index (χ3n) is 5.46. The van der Waals surface area contributed by atoms with E-state index in [4.69, 9.17) is 14.7 Å². The number of anilines is 2. The van der Waals surface area contributed by atoms with Crippen molar-refractivity contribution in [3.05, 3.63) is 83.7 Å². The van der Waals surface area contributed by atoms with Crippen molar-refractivity contribution in [1.82, 2.24) is 9.97 Å². The lowest BCUT2D eigenvalue weighted by molar-refractivity contribution is -0.141. The van der Waals surface area contributed by atoms with Gasteiger partial charge in [-0.1, -0.05) is 18.2 Å². The normalized spacial score (nSPS) is 10.5. The molecule has 0 spiro atoms. The van der Waals surface area contributed by atoms with Crippen LogP contribution in [0.5, 0.6) is 5.75 Å². The molecule has 0 atom stereocenters. The number of fused-ring (bicyclic) bond motifs is 1. The maximum Gasteiger partial charge on any atom is 0.420 e. The summed E-state index contributed by atoms with van der Waals surface area (Å²) in [7, 11) is 0. The molecule has 0 aliphatic rings. The molecule has 1 heterocycles. The van der Waals surface area contributed by atoms with Gasteiger partial charge < -0.3 is 19.8 Å². The van der Waals surface area contributed by atoms with Crippen molar-refractivity contribution in [3.8, 4) is 11.8 Å². The van der Waals surface area contributed by atoms with Gasteiger partial charge >= 0.3 is 12.1 Å². The van der Waals surface area contributed by atoms with Crippen LogP contribution >= 0.6 is 0 Å². The van der Waals surface area contributed by atoms with Crippen LogP contribution in [0, 0.1) is 18.3 Å². The van der Waals surface area contributed by atoms with E-state index in [1.165, 1.54) is 4.90 Å². The van der Waals surface area contributed by atoms with Crippen LogP contribution in [-0.2, 0) is 16.1 Å². The minimum Gasteiger partial charge on any atom is -0.465 e. The number of ether oxygens (including phenoxy) is 2. The van der Waals surface area contributed by atoms with E-state index in [1.54, 1.807) is 55.5 Å². The zero-order chi connectivity index (χ0) is 25.5. The average Bonchev–Trinajstić information content (AvgIpc) is 3.32. The highest BCUT2D eigenvalue weighted by Crippen LogP contribution is 2.27. The van der Waals surface area contributed by atoms with Crippen molar-refractivity contribution in [2.24, 2.45) is 0 Å². The first-order valence-corrected chi connectivity index (χ1v) is 11.4. The largest absolute Gasteiger partial charge is 0.465 e. The Kier molecular flexibility index (Phi) is 7.46. The summed E-state index contributed by atoms with van der Waals surface area (Å²) in [6, 6.07) is 21.5. The number of aromatic amines is 1. The van der Waals surface area contributed by atoms with Gasteiger partial charge in [0.2, 0.25) is 0 Å². The smallest absolute Gasteiger partial charge is 0.420 e. The van der Waals surface area contributed by atoms with E-state index < -0.39 is 12.1 Å². The van der Waals surface area contributed by atoms with Crippen molar-refractivity contribution >= 4 is 34.5 Å². The first kappa shape index (κ1) is 24.3. The van der Waals surface area contributed by atoms with Crippen molar-refractivity contribution in [1.29, 1.82) is 5.26 Å². The molecule has 1 amide bonds. The van der Waals surface area contributed by atoms with Gasteiger partial charge in [-0.3, -0.25) is 9.69 Å². The van der Waals surface area contributed by atoms with Gasteiger partial charge in [-0.15, -0.1) is 0 Å². The number of benzene rings is 3. The Morgan fingerprint density at radius 1 is 1.08 bits per heavy atom. The SMILES string of the molecule is CCOC(=O)CN(C(=O)Oc1ccc2[nH]c(CNc3ccc(C#N)cc3)nc2c1C)c1ccccc1. The number of hydrogen-bond donors (Lipinski definition) is 2. The Bertz CT molecular complexity index is 1410. The van der Waals surface area contributed by atoms with Crippen LogP contribution in [0.4, 0.5) is 16.2 Å². The number of nitriles is 1. The van der Waals surface area contributed by atoms with Crippen molar-refractivity contribution in [3.63, 3.8) is 0 Å². The second-order valence-electron chi connectivity index (χ2n) is 7.91. The molecule has 0 aliphatic carbocycles. The molecule has 36 heavy (non-hydrogen) atoms. The van der Waals surface area contributed by atoms with Crippen LogP contribution in [0.2, 0.25) is 0 Å². The number of nitrogens with zero attached hydrogens (tertiary/aromatic N) is 3. The van der Waals surface area contributed by atoms with Crippen molar-refractivity contribution < 1.29 is 19.1 Å². The number of amides is 1. The van der Waals surface area contributed by atoms with Crippen LogP contribution in [0.15, 0.2) is 66.7 Å². The number of nitrogens with one attached hydrogen (secondary N) is 2. The van der Waals surface area contributed by atoms with Gasteiger partial charge in [-0.05, 0) is 62.4 Å². The summed E-state index contributed by atoms with van der Waals surface area (Å²) in [5.41, 5.74) is 4.14. The minimum atomic E-state index is -0.699. The maximum absolute atomic E-state index is 13.1. The second kappa shape index (κ2) is 11.1. The molecular weight excluding hydrogens is 458 g/mol. The molecule has 0 fully saturated rings. The summed E-state index contributed by atoms with van der Waals surface area (Å²) in [6.07, 6.45) is -0.699. The summed E-state index contributed by atoms with van der Waals surface area (Å²) in [5, 5.41) is 12.2. The zero-order valence-electron chi connectivity index (χ0n) is 19.9.